The average Bonchev–Trinajstić information content (AvgIpc) is 2.59. The summed E-state index contributed by atoms with van der Waals surface area (Å²) in [5.41, 5.74) is -4.91. The van der Waals surface area contributed by atoms with Crippen molar-refractivity contribution in [2.75, 3.05) is 6.26 Å². The highest BCUT2D eigenvalue weighted by Crippen LogP contribution is 2.38. The lowest BCUT2D eigenvalue weighted by molar-refractivity contribution is -0.0500. The van der Waals surface area contributed by atoms with Gasteiger partial charge in [0.05, 0.1) is 11.8 Å². The van der Waals surface area contributed by atoms with Crippen molar-refractivity contribution in [2.24, 2.45) is 5.92 Å². The van der Waals surface area contributed by atoms with Crippen LogP contribution in [-0.4, -0.2) is 33.2 Å². The molecule has 0 heterocycles. The number of benzene rings is 1. The van der Waals surface area contributed by atoms with Gasteiger partial charge >= 0.3 is 15.6 Å². The molecule has 2 rings (SSSR count). The fourth-order valence-corrected chi connectivity index (χ4v) is 3.51. The van der Waals surface area contributed by atoms with E-state index in [-0.39, 0.29) is 11.5 Å². The van der Waals surface area contributed by atoms with Crippen LogP contribution in [-0.2, 0) is 20.2 Å². The third kappa shape index (κ3) is 8.20. The summed E-state index contributed by atoms with van der Waals surface area (Å²) >= 11 is 0. The number of hydrogen-bond acceptors (Lipinski definition) is 6. The molecule has 7 nitrogen and oxygen atoms in total. The highest BCUT2D eigenvalue weighted by Gasteiger charge is 2.48. The standard InChI is InChI=1S/C16H18F3NO3S.CH4O3S/c1-2-11-3-5-12(6-4-11)13-7-8-15(14(9-13)10-20)23-24(21,22)16(17,18)19;1-5(2,3)4/h7-9,11-12H,2-6H2,1H3;1H3,(H,2,3,4). The highest BCUT2D eigenvalue weighted by atomic mass is 32.2. The Morgan fingerprint density at radius 3 is 2.10 bits per heavy atom. The number of rotatable bonds is 4. The molecule has 0 aliphatic heterocycles. The first-order chi connectivity index (χ1) is 13.2. The molecular weight excluding hydrogens is 435 g/mol. The van der Waals surface area contributed by atoms with E-state index in [1.165, 1.54) is 6.07 Å². The Bertz CT molecular complexity index is 936. The van der Waals surface area contributed by atoms with Crippen molar-refractivity contribution in [2.45, 2.75) is 50.5 Å². The van der Waals surface area contributed by atoms with Crippen LogP contribution in [0.3, 0.4) is 0 Å². The molecule has 0 atom stereocenters. The van der Waals surface area contributed by atoms with Crippen LogP contribution in [0, 0.1) is 17.2 Å². The second-order valence-corrected chi connectivity index (χ2v) is 9.71. The van der Waals surface area contributed by atoms with E-state index in [1.807, 2.05) is 0 Å². The van der Waals surface area contributed by atoms with E-state index in [9.17, 15) is 30.0 Å². The molecule has 1 N–H and O–H groups in total. The molecule has 1 aliphatic carbocycles. The predicted octanol–water partition coefficient (Wildman–Crippen LogP) is 3.97. The number of hydrogen-bond donors (Lipinski definition) is 1. The summed E-state index contributed by atoms with van der Waals surface area (Å²) in [5.74, 6) is 0.324. The maximum atomic E-state index is 12.4. The number of nitrogens with zero attached hydrogens (tertiary/aromatic N) is 1. The van der Waals surface area contributed by atoms with Crippen LogP contribution in [0.25, 0.3) is 0 Å². The predicted molar refractivity (Wildman–Crippen MR) is 99.2 cm³/mol. The maximum Gasteiger partial charge on any atom is 0.534 e. The molecule has 164 valence electrons. The third-order valence-corrected chi connectivity index (χ3v) is 5.47. The lowest BCUT2D eigenvalue weighted by atomic mass is 9.77. The zero-order valence-corrected chi connectivity index (χ0v) is 17.4. The summed E-state index contributed by atoms with van der Waals surface area (Å²) in [4.78, 5) is 0. The van der Waals surface area contributed by atoms with Crippen LogP contribution in [0.2, 0.25) is 0 Å². The lowest BCUT2D eigenvalue weighted by Gasteiger charge is -2.28. The Balaban J connectivity index is 0.000000749. The molecule has 0 amide bonds. The van der Waals surface area contributed by atoms with Gasteiger partial charge in [0.15, 0.2) is 5.75 Å². The normalized spacial score (nSPS) is 20.2. The summed E-state index contributed by atoms with van der Waals surface area (Å²) in [7, 11) is -9.45. The topological polar surface area (TPSA) is 122 Å². The van der Waals surface area contributed by atoms with Crippen molar-refractivity contribution in [3.63, 3.8) is 0 Å². The Morgan fingerprint density at radius 2 is 1.69 bits per heavy atom. The summed E-state index contributed by atoms with van der Waals surface area (Å²) in [6, 6.07) is 5.81. The minimum Gasteiger partial charge on any atom is -0.375 e. The van der Waals surface area contributed by atoms with Gasteiger partial charge in [-0.15, -0.1) is 0 Å². The van der Waals surface area contributed by atoms with Crippen molar-refractivity contribution >= 4 is 20.2 Å². The van der Waals surface area contributed by atoms with Gasteiger partial charge in [-0.25, -0.2) is 0 Å². The van der Waals surface area contributed by atoms with Gasteiger partial charge in [0.1, 0.15) is 6.07 Å². The second-order valence-electron chi connectivity index (χ2n) is 6.71. The first kappa shape index (κ1) is 25.2. The van der Waals surface area contributed by atoms with Crippen LogP contribution in [0.15, 0.2) is 18.2 Å². The van der Waals surface area contributed by atoms with Crippen LogP contribution < -0.4 is 4.18 Å². The monoisotopic (exact) mass is 457 g/mol. The quantitative estimate of drug-likeness (QED) is 0.412. The molecule has 0 spiro atoms. The number of nitriles is 1. The third-order valence-electron chi connectivity index (χ3n) is 4.50. The Kier molecular flexibility index (Phi) is 8.49. The van der Waals surface area contributed by atoms with E-state index >= 15 is 0 Å². The molecule has 0 radical (unpaired) electrons. The minimum absolute atomic E-state index is 0.210. The second kappa shape index (κ2) is 9.77. The number of halogens is 3. The first-order valence-electron chi connectivity index (χ1n) is 8.65. The molecule has 1 aromatic rings. The minimum atomic E-state index is -5.78. The van der Waals surface area contributed by atoms with Crippen molar-refractivity contribution in [3.05, 3.63) is 29.3 Å². The Hall–Kier alpha value is -1.84. The summed E-state index contributed by atoms with van der Waals surface area (Å²) in [6.45, 7) is 2.14. The Morgan fingerprint density at radius 1 is 1.17 bits per heavy atom. The molecule has 1 aliphatic rings. The number of alkyl halides is 3. The van der Waals surface area contributed by atoms with Gasteiger partial charge in [0.2, 0.25) is 0 Å². The van der Waals surface area contributed by atoms with E-state index in [0.717, 1.165) is 43.7 Å². The summed E-state index contributed by atoms with van der Waals surface area (Å²) in [6.07, 6.45) is 5.88. The smallest absolute Gasteiger partial charge is 0.375 e. The van der Waals surface area contributed by atoms with Gasteiger partial charge in [0.25, 0.3) is 10.1 Å². The first-order valence-corrected chi connectivity index (χ1v) is 11.9. The molecule has 0 bridgehead atoms. The van der Waals surface area contributed by atoms with Crippen molar-refractivity contribution in [1.82, 2.24) is 0 Å². The van der Waals surface area contributed by atoms with Gasteiger partial charge in [-0.2, -0.15) is 35.3 Å². The summed E-state index contributed by atoms with van der Waals surface area (Å²) < 4.78 is 89.3. The van der Waals surface area contributed by atoms with Crippen molar-refractivity contribution in [3.8, 4) is 11.8 Å². The lowest BCUT2D eigenvalue weighted by Crippen LogP contribution is -2.28. The SMILES string of the molecule is CCC1CCC(c2ccc(OS(=O)(=O)C(F)(F)F)c(C#N)c2)CC1.CS(=O)(=O)O. The van der Waals surface area contributed by atoms with Gasteiger partial charge in [-0.05, 0) is 55.2 Å². The van der Waals surface area contributed by atoms with Crippen LogP contribution in [0.1, 0.15) is 56.1 Å². The van der Waals surface area contributed by atoms with E-state index in [2.05, 4.69) is 11.1 Å². The van der Waals surface area contributed by atoms with E-state index in [0.29, 0.717) is 12.2 Å². The van der Waals surface area contributed by atoms with Crippen molar-refractivity contribution < 1.29 is 38.7 Å². The summed E-state index contributed by atoms with van der Waals surface area (Å²) in [5, 5.41) is 9.11. The zero-order chi connectivity index (χ0) is 22.5. The van der Waals surface area contributed by atoms with Crippen molar-refractivity contribution in [1.29, 1.82) is 5.26 Å². The van der Waals surface area contributed by atoms with Crippen LogP contribution in [0.5, 0.6) is 5.75 Å². The fourth-order valence-electron chi connectivity index (χ4n) is 3.03. The van der Waals surface area contributed by atoms with E-state index in [1.54, 1.807) is 12.1 Å². The van der Waals surface area contributed by atoms with E-state index in [4.69, 9.17) is 9.81 Å². The Labute approximate surface area is 168 Å². The van der Waals surface area contributed by atoms with E-state index < -0.39 is 31.5 Å². The van der Waals surface area contributed by atoms with Crippen LogP contribution >= 0.6 is 0 Å². The maximum absolute atomic E-state index is 12.4. The molecule has 1 aromatic carbocycles. The zero-order valence-electron chi connectivity index (χ0n) is 15.8. The molecule has 0 aromatic heterocycles. The molecule has 1 saturated carbocycles. The van der Waals surface area contributed by atoms with Gasteiger partial charge in [0, 0.05) is 0 Å². The van der Waals surface area contributed by atoms with Gasteiger partial charge < -0.3 is 4.18 Å². The molecule has 29 heavy (non-hydrogen) atoms. The van der Waals surface area contributed by atoms with Crippen LogP contribution in [0.4, 0.5) is 13.2 Å². The van der Waals surface area contributed by atoms with Gasteiger partial charge in [-0.1, -0.05) is 19.4 Å². The van der Waals surface area contributed by atoms with Gasteiger partial charge in [-0.3, -0.25) is 4.55 Å². The molecular formula is C17H22F3NO6S2. The largest absolute Gasteiger partial charge is 0.534 e. The molecule has 12 heteroatoms. The molecule has 0 saturated heterocycles. The fraction of sp³-hybridized carbons (Fsp3) is 0.588. The molecule has 1 fully saturated rings. The molecule has 0 unspecified atom stereocenters. The average molecular weight is 457 g/mol. The highest BCUT2D eigenvalue weighted by molar-refractivity contribution is 7.88.